The summed E-state index contributed by atoms with van der Waals surface area (Å²) in [6.07, 6.45) is 0. The number of aromatic nitrogens is 1. The topological polar surface area (TPSA) is 137 Å². The van der Waals surface area contributed by atoms with E-state index in [1.807, 2.05) is 43.3 Å². The van der Waals surface area contributed by atoms with Gasteiger partial charge in [0.2, 0.25) is 0 Å². The maximum absolute atomic E-state index is 13.4. The number of carboxylic acids is 1. The monoisotopic (exact) mass is 623 g/mol. The predicted molar refractivity (Wildman–Crippen MR) is 164 cm³/mol. The summed E-state index contributed by atoms with van der Waals surface area (Å²) in [5, 5.41) is 13.2. The first-order chi connectivity index (χ1) is 19.9. The van der Waals surface area contributed by atoms with Gasteiger partial charge in [0.25, 0.3) is 10.1 Å². The van der Waals surface area contributed by atoms with Crippen molar-refractivity contribution in [2.24, 2.45) is 0 Å². The maximum atomic E-state index is 13.4. The van der Waals surface area contributed by atoms with Crippen LogP contribution in [0.2, 0.25) is 10.0 Å². The molecule has 0 aliphatic carbocycles. The lowest BCUT2D eigenvalue weighted by Gasteiger charge is -2.24. The fraction of sp³-hybridized carbons (Fsp3) is 0.0333. The highest BCUT2D eigenvalue weighted by Gasteiger charge is 2.21. The Morgan fingerprint density at radius 3 is 1.88 bits per heavy atom. The molecule has 0 radical (unpaired) electrons. The fourth-order valence-electron chi connectivity index (χ4n) is 3.91. The number of benzene rings is 4. The summed E-state index contributed by atoms with van der Waals surface area (Å²) < 4.78 is 29.6. The molecule has 1 aromatic heterocycles. The molecular formula is C30H23Cl2N3O6S. The highest BCUT2D eigenvalue weighted by Crippen LogP contribution is 2.34. The average molecular weight is 625 g/mol. The molecule has 5 aromatic rings. The zero-order valence-corrected chi connectivity index (χ0v) is 24.2. The summed E-state index contributed by atoms with van der Waals surface area (Å²) in [5.74, 6) is -1.24. The normalized spacial score (nSPS) is 10.9. The first kappa shape index (κ1) is 30.5. The van der Waals surface area contributed by atoms with Crippen LogP contribution in [0.4, 0.5) is 21.9 Å². The molecule has 0 saturated carbocycles. The Morgan fingerprint density at radius 2 is 1.38 bits per heavy atom. The van der Waals surface area contributed by atoms with Gasteiger partial charge in [0, 0.05) is 10.4 Å². The minimum Gasteiger partial charge on any atom is -0.477 e. The second kappa shape index (κ2) is 13.0. The van der Waals surface area contributed by atoms with Crippen molar-refractivity contribution < 1.29 is 27.7 Å². The standard InChI is InChI=1S/C23H15Cl2N3O3.C7H8O3S/c24-14-11-17(25)21-18(12-14)26-20(22(29)30)13-19(21)27-23(31)28(15-7-3-1-4-8-15)16-9-5-2-6-10-16;1-6-2-4-7(5-3-6)11(8,9)10/h1-13H,(H,29,30)(H,26,27,31);2-5H,1H3,(H,8,9,10). The van der Waals surface area contributed by atoms with Crippen molar-refractivity contribution in [2.75, 3.05) is 10.2 Å². The SMILES string of the molecule is Cc1ccc(S(=O)(=O)O)cc1.O=C(O)c1cc(NC(=O)N(c2ccccc2)c2ccccc2)c2c(Cl)cc(Cl)cc2n1. The number of anilines is 3. The third-order valence-electron chi connectivity index (χ3n) is 5.84. The number of pyridine rings is 1. The van der Waals surface area contributed by atoms with Crippen LogP contribution in [0.5, 0.6) is 0 Å². The Bertz CT molecular complexity index is 1810. The number of fused-ring (bicyclic) bond motifs is 1. The molecule has 12 heteroatoms. The molecule has 2 amide bonds. The maximum Gasteiger partial charge on any atom is 0.354 e. The van der Waals surface area contributed by atoms with E-state index < -0.39 is 22.1 Å². The lowest BCUT2D eigenvalue weighted by molar-refractivity contribution is 0.0691. The van der Waals surface area contributed by atoms with Gasteiger partial charge in [0.15, 0.2) is 5.69 Å². The number of amides is 2. The number of nitrogens with zero attached hydrogens (tertiary/aromatic N) is 2. The minimum absolute atomic E-state index is 0.0666. The van der Waals surface area contributed by atoms with E-state index in [2.05, 4.69) is 10.3 Å². The number of aryl methyl sites for hydroxylation is 1. The third-order valence-corrected chi connectivity index (χ3v) is 7.22. The number of para-hydroxylation sites is 2. The van der Waals surface area contributed by atoms with Crippen molar-refractivity contribution in [3.8, 4) is 0 Å². The Kier molecular flexibility index (Phi) is 9.44. The Hall–Kier alpha value is -4.48. The number of urea groups is 1. The molecular weight excluding hydrogens is 601 g/mol. The van der Waals surface area contributed by atoms with Crippen LogP contribution in [0, 0.1) is 6.92 Å². The third kappa shape index (κ3) is 7.42. The van der Waals surface area contributed by atoms with Gasteiger partial charge in [-0.3, -0.25) is 9.45 Å². The molecule has 0 atom stereocenters. The van der Waals surface area contributed by atoms with Crippen molar-refractivity contribution in [3.05, 3.63) is 124 Å². The number of nitrogens with one attached hydrogen (secondary N) is 1. The molecule has 0 saturated heterocycles. The molecule has 42 heavy (non-hydrogen) atoms. The van der Waals surface area contributed by atoms with Gasteiger partial charge in [-0.1, -0.05) is 77.3 Å². The number of hydrogen-bond acceptors (Lipinski definition) is 5. The summed E-state index contributed by atoms with van der Waals surface area (Å²) >= 11 is 12.4. The zero-order valence-electron chi connectivity index (χ0n) is 21.9. The lowest BCUT2D eigenvalue weighted by atomic mass is 10.1. The van der Waals surface area contributed by atoms with Crippen molar-refractivity contribution in [2.45, 2.75) is 11.8 Å². The fourth-order valence-corrected chi connectivity index (χ4v) is 4.98. The number of halogens is 2. The van der Waals surface area contributed by atoms with Crippen LogP contribution in [0.15, 0.2) is 108 Å². The molecule has 0 aliphatic rings. The first-order valence-electron chi connectivity index (χ1n) is 12.2. The van der Waals surface area contributed by atoms with Crippen LogP contribution in [0.3, 0.4) is 0 Å². The number of hydrogen-bond donors (Lipinski definition) is 3. The average Bonchev–Trinajstić information content (AvgIpc) is 2.94. The van der Waals surface area contributed by atoms with E-state index >= 15 is 0 Å². The highest BCUT2D eigenvalue weighted by molar-refractivity contribution is 7.85. The quantitative estimate of drug-likeness (QED) is 0.169. The van der Waals surface area contributed by atoms with Gasteiger partial charge in [-0.2, -0.15) is 8.42 Å². The van der Waals surface area contributed by atoms with Crippen LogP contribution < -0.4 is 10.2 Å². The van der Waals surface area contributed by atoms with Crippen LogP contribution >= 0.6 is 23.2 Å². The molecule has 4 aromatic carbocycles. The van der Waals surface area contributed by atoms with E-state index in [1.54, 1.807) is 36.4 Å². The summed E-state index contributed by atoms with van der Waals surface area (Å²) in [4.78, 5) is 30.5. The van der Waals surface area contributed by atoms with Gasteiger partial charge in [-0.15, -0.1) is 0 Å². The number of carbonyl (C=O) groups is 2. The molecule has 9 nitrogen and oxygen atoms in total. The Labute approximate surface area is 251 Å². The molecule has 1 heterocycles. The van der Waals surface area contributed by atoms with E-state index in [1.165, 1.54) is 35.2 Å². The number of rotatable bonds is 5. The summed E-state index contributed by atoms with van der Waals surface area (Å²) in [6, 6.07) is 28.0. The zero-order chi connectivity index (χ0) is 30.4. The number of carbonyl (C=O) groups excluding carboxylic acids is 1. The molecule has 0 spiro atoms. The molecule has 0 aliphatic heterocycles. The molecule has 3 N–H and O–H groups in total. The van der Waals surface area contributed by atoms with Crippen molar-refractivity contribution in [1.29, 1.82) is 0 Å². The van der Waals surface area contributed by atoms with Crippen molar-refractivity contribution >= 4 is 73.3 Å². The van der Waals surface area contributed by atoms with Crippen LogP contribution in [-0.4, -0.2) is 35.1 Å². The second-order valence-corrected chi connectivity index (χ2v) is 11.1. The largest absolute Gasteiger partial charge is 0.477 e. The second-order valence-electron chi connectivity index (χ2n) is 8.87. The van der Waals surface area contributed by atoms with Gasteiger partial charge >= 0.3 is 12.0 Å². The van der Waals surface area contributed by atoms with Gasteiger partial charge in [0.1, 0.15) is 0 Å². The number of aromatic carboxylic acids is 1. The molecule has 5 rings (SSSR count). The van der Waals surface area contributed by atoms with E-state index in [-0.39, 0.29) is 26.8 Å². The summed E-state index contributed by atoms with van der Waals surface area (Å²) in [6.45, 7) is 1.84. The van der Waals surface area contributed by atoms with Crippen LogP contribution in [0.1, 0.15) is 16.1 Å². The highest BCUT2D eigenvalue weighted by atomic mass is 35.5. The van der Waals surface area contributed by atoms with E-state index in [0.29, 0.717) is 21.8 Å². The van der Waals surface area contributed by atoms with Gasteiger partial charge in [0.05, 0.1) is 32.5 Å². The number of carboxylic acid groups (broad SMARTS) is 1. The Balaban J connectivity index is 0.000000310. The van der Waals surface area contributed by atoms with Crippen molar-refractivity contribution in [3.63, 3.8) is 0 Å². The van der Waals surface area contributed by atoms with Gasteiger partial charge in [-0.05, 0) is 61.5 Å². The van der Waals surface area contributed by atoms with E-state index in [4.69, 9.17) is 27.8 Å². The molecule has 0 unspecified atom stereocenters. The minimum atomic E-state index is -4.02. The summed E-state index contributed by atoms with van der Waals surface area (Å²) in [7, 11) is -4.02. The van der Waals surface area contributed by atoms with E-state index in [0.717, 1.165) is 5.56 Å². The molecule has 0 fully saturated rings. The van der Waals surface area contributed by atoms with Crippen LogP contribution in [0.25, 0.3) is 10.9 Å². The summed E-state index contributed by atoms with van der Waals surface area (Å²) in [5.41, 5.74) is 2.46. The lowest BCUT2D eigenvalue weighted by Crippen LogP contribution is -2.31. The Morgan fingerprint density at radius 1 is 0.833 bits per heavy atom. The molecule has 0 bridgehead atoms. The van der Waals surface area contributed by atoms with Gasteiger partial charge < -0.3 is 10.4 Å². The van der Waals surface area contributed by atoms with E-state index in [9.17, 15) is 23.1 Å². The first-order valence-corrected chi connectivity index (χ1v) is 14.4. The predicted octanol–water partition coefficient (Wildman–Crippen LogP) is 7.85. The van der Waals surface area contributed by atoms with Crippen LogP contribution in [-0.2, 0) is 10.1 Å². The van der Waals surface area contributed by atoms with Gasteiger partial charge in [-0.25, -0.2) is 14.6 Å². The van der Waals surface area contributed by atoms with Crippen molar-refractivity contribution in [1.82, 2.24) is 4.98 Å². The smallest absolute Gasteiger partial charge is 0.354 e. The molecule has 214 valence electrons.